The van der Waals surface area contributed by atoms with Crippen molar-refractivity contribution in [3.8, 4) is 5.75 Å². The minimum absolute atomic E-state index is 0.394. The van der Waals surface area contributed by atoms with Crippen molar-refractivity contribution in [1.82, 2.24) is 10.3 Å². The van der Waals surface area contributed by atoms with Gasteiger partial charge in [-0.3, -0.25) is 0 Å². The van der Waals surface area contributed by atoms with E-state index in [0.29, 0.717) is 12.6 Å². The van der Waals surface area contributed by atoms with Crippen LogP contribution in [0.2, 0.25) is 0 Å². The highest BCUT2D eigenvalue weighted by Gasteiger charge is 2.08. The molecule has 19 heavy (non-hydrogen) atoms. The standard InChI is InChI=1S/C16H22N2O/c1-4-14(17-5-2)11-19-15-8-6-7-13-10-9-12(3)18-16(13)15/h6-10,14,17H,4-5,11H2,1-3H3. The van der Waals surface area contributed by atoms with Crippen LogP contribution in [0.1, 0.15) is 26.0 Å². The lowest BCUT2D eigenvalue weighted by atomic mass is 10.2. The van der Waals surface area contributed by atoms with Crippen molar-refractivity contribution in [2.75, 3.05) is 13.2 Å². The third kappa shape index (κ3) is 3.44. The maximum absolute atomic E-state index is 5.95. The second kappa shape index (κ2) is 6.53. The third-order valence-electron chi connectivity index (χ3n) is 3.25. The van der Waals surface area contributed by atoms with Crippen LogP contribution in [0.5, 0.6) is 5.75 Å². The highest BCUT2D eigenvalue weighted by atomic mass is 16.5. The van der Waals surface area contributed by atoms with Gasteiger partial charge in [-0.2, -0.15) is 0 Å². The SMILES string of the molecule is CCNC(CC)COc1cccc2ccc(C)nc12. The first kappa shape index (κ1) is 13.8. The normalized spacial score (nSPS) is 12.6. The van der Waals surface area contributed by atoms with Crippen LogP contribution in [0.15, 0.2) is 30.3 Å². The molecule has 0 amide bonds. The van der Waals surface area contributed by atoms with Gasteiger partial charge in [-0.05, 0) is 32.0 Å². The molecule has 0 bridgehead atoms. The molecule has 0 aliphatic carbocycles. The van der Waals surface area contributed by atoms with Gasteiger partial charge < -0.3 is 10.1 Å². The molecule has 0 saturated heterocycles. The Morgan fingerprint density at radius 1 is 1.21 bits per heavy atom. The number of aromatic nitrogens is 1. The Balaban J connectivity index is 2.18. The molecule has 0 saturated carbocycles. The fraction of sp³-hybridized carbons (Fsp3) is 0.438. The molecule has 1 heterocycles. The summed E-state index contributed by atoms with van der Waals surface area (Å²) >= 11 is 0. The molecule has 2 rings (SSSR count). The quantitative estimate of drug-likeness (QED) is 0.863. The second-order valence-corrected chi connectivity index (χ2v) is 4.75. The number of nitrogens with one attached hydrogen (secondary N) is 1. The van der Waals surface area contributed by atoms with Crippen LogP contribution in [0.25, 0.3) is 10.9 Å². The first-order valence-corrected chi connectivity index (χ1v) is 6.97. The van der Waals surface area contributed by atoms with Crippen LogP contribution in [0.4, 0.5) is 0 Å². The lowest BCUT2D eigenvalue weighted by Crippen LogP contribution is -2.33. The number of benzene rings is 1. The maximum Gasteiger partial charge on any atom is 0.145 e. The molecule has 0 radical (unpaired) electrons. The molecule has 2 aromatic rings. The molecule has 1 N–H and O–H groups in total. The highest BCUT2D eigenvalue weighted by Crippen LogP contribution is 2.24. The van der Waals surface area contributed by atoms with Gasteiger partial charge in [0.05, 0.1) is 0 Å². The van der Waals surface area contributed by atoms with Crippen molar-refractivity contribution in [2.45, 2.75) is 33.2 Å². The minimum Gasteiger partial charge on any atom is -0.490 e. The summed E-state index contributed by atoms with van der Waals surface area (Å²) in [6.07, 6.45) is 1.06. The number of nitrogens with zero attached hydrogens (tertiary/aromatic N) is 1. The second-order valence-electron chi connectivity index (χ2n) is 4.75. The number of likely N-dealkylation sites (N-methyl/N-ethyl adjacent to an activating group) is 1. The number of ether oxygens (including phenoxy) is 1. The van der Waals surface area contributed by atoms with E-state index in [1.165, 1.54) is 0 Å². The summed E-state index contributed by atoms with van der Waals surface area (Å²) in [7, 11) is 0. The zero-order chi connectivity index (χ0) is 13.7. The summed E-state index contributed by atoms with van der Waals surface area (Å²) in [4.78, 5) is 4.58. The van der Waals surface area contributed by atoms with Gasteiger partial charge in [-0.25, -0.2) is 4.98 Å². The van der Waals surface area contributed by atoms with E-state index in [9.17, 15) is 0 Å². The van der Waals surface area contributed by atoms with Crippen molar-refractivity contribution in [3.05, 3.63) is 36.0 Å². The van der Waals surface area contributed by atoms with E-state index in [2.05, 4.69) is 36.3 Å². The average Bonchev–Trinajstić information content (AvgIpc) is 2.43. The monoisotopic (exact) mass is 258 g/mol. The van der Waals surface area contributed by atoms with Gasteiger partial charge in [-0.1, -0.05) is 32.0 Å². The van der Waals surface area contributed by atoms with Gasteiger partial charge in [0.1, 0.15) is 17.9 Å². The summed E-state index contributed by atoms with van der Waals surface area (Å²) in [6.45, 7) is 7.94. The third-order valence-corrected chi connectivity index (χ3v) is 3.25. The Labute approximate surface area is 115 Å². The van der Waals surface area contributed by atoms with Gasteiger partial charge in [0, 0.05) is 17.1 Å². The van der Waals surface area contributed by atoms with Crippen molar-refractivity contribution in [3.63, 3.8) is 0 Å². The van der Waals surface area contributed by atoms with E-state index in [4.69, 9.17) is 4.74 Å². The summed E-state index contributed by atoms with van der Waals surface area (Å²) in [5.41, 5.74) is 1.97. The molecule has 0 aliphatic heterocycles. The van der Waals surface area contributed by atoms with Crippen LogP contribution in [0.3, 0.4) is 0 Å². The molecule has 102 valence electrons. The molecule has 3 nitrogen and oxygen atoms in total. The molecule has 0 aliphatic rings. The number of hydrogen-bond donors (Lipinski definition) is 1. The van der Waals surface area contributed by atoms with Gasteiger partial charge in [0.25, 0.3) is 0 Å². The zero-order valence-corrected chi connectivity index (χ0v) is 11.9. The van der Waals surface area contributed by atoms with E-state index in [1.807, 2.05) is 25.1 Å². The largest absolute Gasteiger partial charge is 0.490 e. The van der Waals surface area contributed by atoms with Crippen LogP contribution < -0.4 is 10.1 Å². The first-order chi connectivity index (χ1) is 9.24. The molecular weight excluding hydrogens is 236 g/mol. The number of pyridine rings is 1. The summed E-state index contributed by atoms with van der Waals surface area (Å²) < 4.78 is 5.95. The van der Waals surface area contributed by atoms with E-state index in [-0.39, 0.29) is 0 Å². The smallest absolute Gasteiger partial charge is 0.145 e. The van der Waals surface area contributed by atoms with Crippen LogP contribution in [-0.4, -0.2) is 24.2 Å². The van der Waals surface area contributed by atoms with Gasteiger partial charge in [0.2, 0.25) is 0 Å². The fourth-order valence-corrected chi connectivity index (χ4v) is 2.13. The number of para-hydroxylation sites is 1. The Morgan fingerprint density at radius 3 is 2.79 bits per heavy atom. The van der Waals surface area contributed by atoms with E-state index < -0.39 is 0 Å². The highest BCUT2D eigenvalue weighted by molar-refractivity contribution is 5.84. The zero-order valence-electron chi connectivity index (χ0n) is 11.9. The summed E-state index contributed by atoms with van der Waals surface area (Å²) in [5, 5.41) is 4.54. The molecule has 1 unspecified atom stereocenters. The average molecular weight is 258 g/mol. The molecule has 0 fully saturated rings. The molecule has 1 aromatic carbocycles. The molecule has 1 aromatic heterocycles. The van der Waals surface area contributed by atoms with E-state index in [1.54, 1.807) is 0 Å². The van der Waals surface area contributed by atoms with E-state index in [0.717, 1.165) is 35.3 Å². The maximum atomic E-state index is 5.95. The Kier molecular flexibility index (Phi) is 4.74. The fourth-order valence-electron chi connectivity index (χ4n) is 2.13. The molecule has 1 atom stereocenters. The number of fused-ring (bicyclic) bond motifs is 1. The van der Waals surface area contributed by atoms with Crippen molar-refractivity contribution in [1.29, 1.82) is 0 Å². The van der Waals surface area contributed by atoms with Crippen molar-refractivity contribution in [2.24, 2.45) is 0 Å². The predicted octanol–water partition coefficient (Wildman–Crippen LogP) is 3.31. The van der Waals surface area contributed by atoms with Crippen LogP contribution in [0, 0.1) is 6.92 Å². The van der Waals surface area contributed by atoms with Gasteiger partial charge >= 0.3 is 0 Å². The Morgan fingerprint density at radius 2 is 2.05 bits per heavy atom. The van der Waals surface area contributed by atoms with Crippen LogP contribution >= 0.6 is 0 Å². The first-order valence-electron chi connectivity index (χ1n) is 6.97. The van der Waals surface area contributed by atoms with Gasteiger partial charge in [0.15, 0.2) is 0 Å². The topological polar surface area (TPSA) is 34.1 Å². The summed E-state index contributed by atoms with van der Waals surface area (Å²) in [5.74, 6) is 0.873. The molecule has 3 heteroatoms. The molecular formula is C16H22N2O. The number of aryl methyl sites for hydroxylation is 1. The Bertz CT molecular complexity index is 539. The number of hydrogen-bond acceptors (Lipinski definition) is 3. The predicted molar refractivity (Wildman–Crippen MR) is 79.7 cm³/mol. The van der Waals surface area contributed by atoms with Crippen molar-refractivity contribution < 1.29 is 4.74 Å². The summed E-state index contributed by atoms with van der Waals surface area (Å²) in [6, 6.07) is 10.6. The lowest BCUT2D eigenvalue weighted by molar-refractivity contribution is 0.264. The van der Waals surface area contributed by atoms with Gasteiger partial charge in [-0.15, -0.1) is 0 Å². The lowest BCUT2D eigenvalue weighted by Gasteiger charge is -2.17. The van der Waals surface area contributed by atoms with Crippen LogP contribution in [-0.2, 0) is 0 Å². The van der Waals surface area contributed by atoms with Crippen molar-refractivity contribution >= 4 is 10.9 Å². The number of rotatable bonds is 6. The Hall–Kier alpha value is -1.61. The van der Waals surface area contributed by atoms with E-state index >= 15 is 0 Å². The minimum atomic E-state index is 0.394. The molecule has 0 spiro atoms.